The fourth-order valence-electron chi connectivity index (χ4n) is 3.09. The van der Waals surface area contributed by atoms with E-state index in [0.29, 0.717) is 11.8 Å². The largest absolute Gasteiger partial charge is 0.494 e. The summed E-state index contributed by atoms with van der Waals surface area (Å²) in [6, 6.07) is 17.1. The lowest BCUT2D eigenvalue weighted by Gasteiger charge is -2.32. The maximum atomic E-state index is 13.1. The molecule has 2 atom stereocenters. The zero-order valence-corrected chi connectivity index (χ0v) is 16.4. The highest BCUT2D eigenvalue weighted by Crippen LogP contribution is 2.37. The van der Waals surface area contributed by atoms with Crippen molar-refractivity contribution in [2.24, 2.45) is 0 Å². The van der Waals surface area contributed by atoms with Crippen molar-refractivity contribution in [3.63, 3.8) is 0 Å². The van der Waals surface area contributed by atoms with Gasteiger partial charge in [0.1, 0.15) is 16.8 Å². The molecule has 0 saturated carbocycles. The average Bonchev–Trinajstić information content (AvgIpc) is 3.09. The van der Waals surface area contributed by atoms with Crippen molar-refractivity contribution in [2.75, 3.05) is 17.3 Å². The van der Waals surface area contributed by atoms with Crippen LogP contribution in [0.15, 0.2) is 59.8 Å². The zero-order chi connectivity index (χ0) is 19.5. The number of benzene rings is 2. The van der Waals surface area contributed by atoms with Crippen LogP contribution in [-0.4, -0.2) is 32.6 Å². The van der Waals surface area contributed by atoms with Crippen molar-refractivity contribution in [3.05, 3.63) is 66.0 Å². The lowest BCUT2D eigenvalue weighted by atomic mass is 10.0. The van der Waals surface area contributed by atoms with Gasteiger partial charge in [-0.2, -0.15) is 0 Å². The molecule has 0 unspecified atom stereocenters. The first-order chi connectivity index (χ1) is 13.7. The fourth-order valence-corrected chi connectivity index (χ4v) is 4.21. The summed E-state index contributed by atoms with van der Waals surface area (Å²) < 4.78 is 7.29. The molecular formula is C20H21N5O2S. The van der Waals surface area contributed by atoms with Gasteiger partial charge >= 0.3 is 0 Å². The molecule has 144 valence electrons. The van der Waals surface area contributed by atoms with Gasteiger partial charge in [-0.15, -0.1) is 10.2 Å². The van der Waals surface area contributed by atoms with Crippen LogP contribution in [0.4, 0.5) is 5.69 Å². The molecule has 0 saturated heterocycles. The van der Waals surface area contributed by atoms with Gasteiger partial charge in [-0.3, -0.25) is 4.79 Å². The van der Waals surface area contributed by atoms with E-state index in [1.54, 1.807) is 0 Å². The molecule has 7 nitrogen and oxygen atoms in total. The summed E-state index contributed by atoms with van der Waals surface area (Å²) in [5.41, 5.74) is 5.15. The number of fused-ring (bicyclic) bond motifs is 1. The van der Waals surface area contributed by atoms with Gasteiger partial charge in [0.25, 0.3) is 0 Å². The second kappa shape index (κ2) is 7.93. The summed E-state index contributed by atoms with van der Waals surface area (Å²) in [6.45, 7) is 4.43. The number of aryl methyl sites for hydroxylation is 1. The molecule has 0 spiro atoms. The van der Waals surface area contributed by atoms with Crippen LogP contribution in [0.25, 0.3) is 0 Å². The van der Waals surface area contributed by atoms with Crippen molar-refractivity contribution < 1.29 is 9.53 Å². The SMILES string of the molecule is CCOc1ccc(NC(=O)[C@@H]2Sc3nnc(C)n3N[C@H]2c2ccccc2)cc1. The number of anilines is 1. The van der Waals surface area contributed by atoms with Crippen LogP contribution < -0.4 is 15.5 Å². The Hall–Kier alpha value is -3.00. The lowest BCUT2D eigenvalue weighted by molar-refractivity contribution is -0.116. The Morgan fingerprint density at radius 1 is 1.18 bits per heavy atom. The highest BCUT2D eigenvalue weighted by atomic mass is 32.2. The Bertz CT molecular complexity index is 958. The number of hydrogen-bond donors (Lipinski definition) is 2. The van der Waals surface area contributed by atoms with E-state index in [0.717, 1.165) is 22.8 Å². The number of aromatic nitrogens is 3. The molecule has 2 aromatic carbocycles. The smallest absolute Gasteiger partial charge is 0.240 e. The Labute approximate surface area is 167 Å². The zero-order valence-electron chi connectivity index (χ0n) is 15.6. The van der Waals surface area contributed by atoms with Crippen LogP contribution in [0.5, 0.6) is 5.75 Å². The minimum atomic E-state index is -0.398. The normalized spacial score (nSPS) is 18.1. The Morgan fingerprint density at radius 2 is 1.93 bits per heavy atom. The van der Waals surface area contributed by atoms with Gasteiger partial charge in [0, 0.05) is 5.69 Å². The molecule has 0 radical (unpaired) electrons. The van der Waals surface area contributed by atoms with E-state index >= 15 is 0 Å². The second-order valence-corrected chi connectivity index (χ2v) is 7.48. The molecule has 1 amide bonds. The van der Waals surface area contributed by atoms with Gasteiger partial charge in [0.2, 0.25) is 11.1 Å². The molecule has 0 aliphatic carbocycles. The molecule has 0 bridgehead atoms. The van der Waals surface area contributed by atoms with E-state index in [2.05, 4.69) is 20.9 Å². The van der Waals surface area contributed by atoms with Crippen molar-refractivity contribution in [3.8, 4) is 5.75 Å². The fraction of sp³-hybridized carbons (Fsp3) is 0.250. The monoisotopic (exact) mass is 395 g/mol. The highest BCUT2D eigenvalue weighted by Gasteiger charge is 2.37. The minimum Gasteiger partial charge on any atom is -0.494 e. The predicted octanol–water partition coefficient (Wildman–Crippen LogP) is 3.38. The molecule has 2 N–H and O–H groups in total. The van der Waals surface area contributed by atoms with E-state index in [-0.39, 0.29) is 11.9 Å². The van der Waals surface area contributed by atoms with Gasteiger partial charge < -0.3 is 15.5 Å². The Morgan fingerprint density at radius 3 is 2.64 bits per heavy atom. The average molecular weight is 395 g/mol. The number of ether oxygens (including phenoxy) is 1. The van der Waals surface area contributed by atoms with Gasteiger partial charge in [-0.1, -0.05) is 42.1 Å². The molecule has 28 heavy (non-hydrogen) atoms. The van der Waals surface area contributed by atoms with E-state index < -0.39 is 5.25 Å². The Kier molecular flexibility index (Phi) is 5.21. The molecule has 3 aromatic rings. The van der Waals surface area contributed by atoms with Crippen molar-refractivity contribution in [2.45, 2.75) is 30.3 Å². The third kappa shape index (κ3) is 3.68. The second-order valence-electron chi connectivity index (χ2n) is 6.37. The summed E-state index contributed by atoms with van der Waals surface area (Å²) >= 11 is 1.41. The van der Waals surface area contributed by atoms with E-state index in [1.807, 2.05) is 73.1 Å². The predicted molar refractivity (Wildman–Crippen MR) is 109 cm³/mol. The number of carbonyl (C=O) groups is 1. The van der Waals surface area contributed by atoms with Gasteiger partial charge in [0.05, 0.1) is 12.6 Å². The van der Waals surface area contributed by atoms with E-state index in [9.17, 15) is 4.79 Å². The van der Waals surface area contributed by atoms with E-state index in [1.165, 1.54) is 11.8 Å². The van der Waals surface area contributed by atoms with Crippen LogP contribution in [-0.2, 0) is 4.79 Å². The number of nitrogens with one attached hydrogen (secondary N) is 2. The molecule has 2 heterocycles. The molecule has 8 heteroatoms. The standard InChI is InChI=1S/C20H21N5O2S/c1-3-27-16-11-9-15(10-12-16)21-19(26)18-17(14-7-5-4-6-8-14)24-25-13(2)22-23-20(25)28-18/h4-12,17-18,24H,3H2,1-2H3,(H,21,26)/t17-,18+/m0/s1. The summed E-state index contributed by atoms with van der Waals surface area (Å²) in [7, 11) is 0. The Balaban J connectivity index is 1.58. The third-order valence-electron chi connectivity index (χ3n) is 4.45. The van der Waals surface area contributed by atoms with Crippen molar-refractivity contribution in [1.82, 2.24) is 14.9 Å². The lowest BCUT2D eigenvalue weighted by Crippen LogP contribution is -2.41. The number of nitrogens with zero attached hydrogens (tertiary/aromatic N) is 3. The number of carbonyl (C=O) groups excluding carboxylic acids is 1. The third-order valence-corrected chi connectivity index (χ3v) is 5.66. The van der Waals surface area contributed by atoms with Gasteiger partial charge in [-0.25, -0.2) is 4.68 Å². The molecule has 1 aromatic heterocycles. The number of thioether (sulfide) groups is 1. The van der Waals surface area contributed by atoms with Crippen molar-refractivity contribution >= 4 is 23.4 Å². The molecule has 4 rings (SSSR count). The van der Waals surface area contributed by atoms with Crippen LogP contribution in [0.2, 0.25) is 0 Å². The van der Waals surface area contributed by atoms with Crippen molar-refractivity contribution in [1.29, 1.82) is 0 Å². The van der Waals surface area contributed by atoms with Gasteiger partial charge in [-0.05, 0) is 43.7 Å². The maximum absolute atomic E-state index is 13.1. The molecule has 1 aliphatic rings. The molecule has 1 aliphatic heterocycles. The molecular weight excluding hydrogens is 374 g/mol. The first-order valence-electron chi connectivity index (χ1n) is 9.09. The number of amides is 1. The summed E-state index contributed by atoms with van der Waals surface area (Å²) in [6.07, 6.45) is 0. The van der Waals surface area contributed by atoms with Crippen LogP contribution in [0.1, 0.15) is 24.4 Å². The summed E-state index contributed by atoms with van der Waals surface area (Å²) in [4.78, 5) is 13.1. The van der Waals surface area contributed by atoms with Crippen LogP contribution in [0.3, 0.4) is 0 Å². The van der Waals surface area contributed by atoms with Crippen LogP contribution in [0, 0.1) is 6.92 Å². The minimum absolute atomic E-state index is 0.0950. The first kappa shape index (κ1) is 18.4. The topological polar surface area (TPSA) is 81.1 Å². The summed E-state index contributed by atoms with van der Waals surface area (Å²) in [5.74, 6) is 1.44. The number of rotatable bonds is 5. The first-order valence-corrected chi connectivity index (χ1v) is 9.97. The number of hydrogen-bond acceptors (Lipinski definition) is 6. The molecule has 0 fully saturated rings. The van der Waals surface area contributed by atoms with Gasteiger partial charge in [0.15, 0.2) is 0 Å². The quantitative estimate of drug-likeness (QED) is 0.689. The maximum Gasteiger partial charge on any atom is 0.240 e. The van der Waals surface area contributed by atoms with E-state index in [4.69, 9.17) is 4.74 Å². The van der Waals surface area contributed by atoms with Crippen LogP contribution >= 0.6 is 11.8 Å². The summed E-state index contributed by atoms with van der Waals surface area (Å²) in [5, 5.41) is 11.6. The highest BCUT2D eigenvalue weighted by molar-refractivity contribution is 8.00.